The third kappa shape index (κ3) is 5.67. The summed E-state index contributed by atoms with van der Waals surface area (Å²) in [5, 5.41) is 2.71. The first-order valence-electron chi connectivity index (χ1n) is 12.4. The lowest BCUT2D eigenvalue weighted by molar-refractivity contribution is 0.102. The standard InChI is InChI=1S/C30H28FN3O3S/c31-26-13-11-25(12-14-26)30(35)32-27-15-17-28(18-16-27)38(36,37)34-21-19-33(20-22-34)29(23-7-3-1-4-8-23)24-9-5-2-6-10-24/h1-18,29H,19-22H2,(H,32,35). The SMILES string of the molecule is O=C(Nc1ccc(S(=O)(=O)N2CCN(C(c3ccccc3)c3ccccc3)CC2)cc1)c1ccc(F)cc1. The minimum Gasteiger partial charge on any atom is -0.322 e. The van der Waals surface area contributed by atoms with Crippen molar-refractivity contribution in [2.75, 3.05) is 31.5 Å². The molecule has 4 aromatic rings. The lowest BCUT2D eigenvalue weighted by atomic mass is 9.96. The van der Waals surface area contributed by atoms with Crippen LogP contribution in [0.3, 0.4) is 0 Å². The van der Waals surface area contributed by atoms with Crippen LogP contribution in [0.2, 0.25) is 0 Å². The number of nitrogens with one attached hydrogen (secondary N) is 1. The van der Waals surface area contributed by atoms with Crippen LogP contribution in [0.4, 0.5) is 10.1 Å². The molecule has 0 spiro atoms. The number of rotatable bonds is 7. The van der Waals surface area contributed by atoms with Crippen LogP contribution < -0.4 is 5.32 Å². The Labute approximate surface area is 222 Å². The van der Waals surface area contributed by atoms with Gasteiger partial charge in [0.2, 0.25) is 10.0 Å². The molecule has 6 nitrogen and oxygen atoms in total. The van der Waals surface area contributed by atoms with Crippen LogP contribution in [0.15, 0.2) is 114 Å². The highest BCUT2D eigenvalue weighted by atomic mass is 32.2. The van der Waals surface area contributed by atoms with Crippen LogP contribution >= 0.6 is 0 Å². The van der Waals surface area contributed by atoms with Gasteiger partial charge in [0.1, 0.15) is 5.82 Å². The van der Waals surface area contributed by atoms with Gasteiger partial charge in [0.25, 0.3) is 5.91 Å². The zero-order valence-electron chi connectivity index (χ0n) is 20.7. The number of sulfonamides is 1. The fourth-order valence-corrected chi connectivity index (χ4v) is 6.17. The number of piperazine rings is 1. The van der Waals surface area contributed by atoms with E-state index < -0.39 is 21.7 Å². The fourth-order valence-electron chi connectivity index (χ4n) is 4.75. The zero-order chi connectivity index (χ0) is 26.5. The number of carbonyl (C=O) groups excluding carboxylic acids is 1. The maximum absolute atomic E-state index is 13.4. The quantitative estimate of drug-likeness (QED) is 0.359. The monoisotopic (exact) mass is 529 g/mol. The second kappa shape index (κ2) is 11.3. The Bertz CT molecular complexity index is 1430. The van der Waals surface area contributed by atoms with Crippen LogP contribution in [0.1, 0.15) is 27.5 Å². The van der Waals surface area contributed by atoms with Crippen molar-refractivity contribution in [1.29, 1.82) is 0 Å². The second-order valence-corrected chi connectivity index (χ2v) is 11.1. The van der Waals surface area contributed by atoms with Crippen molar-refractivity contribution in [3.8, 4) is 0 Å². The summed E-state index contributed by atoms with van der Waals surface area (Å²) in [6, 6.07) is 31.9. The van der Waals surface area contributed by atoms with Gasteiger partial charge in [-0.2, -0.15) is 4.31 Å². The molecule has 0 atom stereocenters. The Morgan fingerprint density at radius 2 is 1.24 bits per heavy atom. The van der Waals surface area contributed by atoms with Gasteiger partial charge >= 0.3 is 0 Å². The average Bonchev–Trinajstić information content (AvgIpc) is 2.95. The van der Waals surface area contributed by atoms with Crippen molar-refractivity contribution >= 4 is 21.6 Å². The van der Waals surface area contributed by atoms with E-state index in [0.717, 1.165) is 0 Å². The van der Waals surface area contributed by atoms with Crippen LogP contribution in [0.5, 0.6) is 0 Å². The highest BCUT2D eigenvalue weighted by Crippen LogP contribution is 2.30. The van der Waals surface area contributed by atoms with Crippen molar-refractivity contribution in [2.45, 2.75) is 10.9 Å². The van der Waals surface area contributed by atoms with Crippen molar-refractivity contribution < 1.29 is 17.6 Å². The molecule has 1 saturated heterocycles. The van der Waals surface area contributed by atoms with E-state index in [2.05, 4.69) is 34.5 Å². The number of carbonyl (C=O) groups is 1. The smallest absolute Gasteiger partial charge is 0.255 e. The van der Waals surface area contributed by atoms with Gasteiger partial charge in [-0.3, -0.25) is 9.69 Å². The summed E-state index contributed by atoms with van der Waals surface area (Å²) in [6.07, 6.45) is 0. The number of halogens is 1. The van der Waals surface area contributed by atoms with Gasteiger partial charge in [0.15, 0.2) is 0 Å². The molecule has 0 bridgehead atoms. The predicted octanol–water partition coefficient (Wildman–Crippen LogP) is 5.17. The molecular formula is C30H28FN3O3S. The van der Waals surface area contributed by atoms with Gasteiger partial charge in [-0.25, -0.2) is 12.8 Å². The summed E-state index contributed by atoms with van der Waals surface area (Å²) in [6.45, 7) is 1.95. The van der Waals surface area contributed by atoms with E-state index >= 15 is 0 Å². The first kappa shape index (κ1) is 25.8. The highest BCUT2D eigenvalue weighted by molar-refractivity contribution is 7.89. The molecule has 4 aromatic carbocycles. The molecule has 1 N–H and O–H groups in total. The van der Waals surface area contributed by atoms with Crippen LogP contribution in [0, 0.1) is 5.82 Å². The summed E-state index contributed by atoms with van der Waals surface area (Å²) in [5.41, 5.74) is 3.11. The minimum absolute atomic E-state index is 0.0475. The molecule has 0 saturated carbocycles. The van der Waals surface area contributed by atoms with E-state index in [-0.39, 0.29) is 10.9 Å². The van der Waals surface area contributed by atoms with Crippen LogP contribution in [-0.4, -0.2) is 49.7 Å². The van der Waals surface area contributed by atoms with E-state index in [1.165, 1.54) is 51.8 Å². The van der Waals surface area contributed by atoms with E-state index in [1.807, 2.05) is 36.4 Å². The van der Waals surface area contributed by atoms with Crippen LogP contribution in [-0.2, 0) is 10.0 Å². The summed E-state index contributed by atoms with van der Waals surface area (Å²) in [4.78, 5) is 14.9. The fraction of sp³-hybridized carbons (Fsp3) is 0.167. The summed E-state index contributed by atoms with van der Waals surface area (Å²) in [7, 11) is -3.69. The molecule has 0 unspecified atom stereocenters. The number of hydrogen-bond donors (Lipinski definition) is 1. The average molecular weight is 530 g/mol. The molecule has 1 aliphatic rings. The summed E-state index contributed by atoms with van der Waals surface area (Å²) in [5.74, 6) is -0.823. The third-order valence-corrected chi connectivity index (χ3v) is 8.64. The van der Waals surface area contributed by atoms with Crippen LogP contribution in [0.25, 0.3) is 0 Å². The van der Waals surface area contributed by atoms with E-state index in [9.17, 15) is 17.6 Å². The van der Waals surface area contributed by atoms with Gasteiger partial charge in [-0.05, 0) is 59.7 Å². The second-order valence-electron chi connectivity index (χ2n) is 9.15. The number of nitrogens with zero attached hydrogens (tertiary/aromatic N) is 2. The van der Waals surface area contributed by atoms with Crippen molar-refractivity contribution in [3.05, 3.63) is 132 Å². The molecule has 1 heterocycles. The third-order valence-electron chi connectivity index (χ3n) is 6.73. The van der Waals surface area contributed by atoms with Crippen molar-refractivity contribution in [2.24, 2.45) is 0 Å². The van der Waals surface area contributed by atoms with Gasteiger partial charge < -0.3 is 5.32 Å². The number of anilines is 1. The summed E-state index contributed by atoms with van der Waals surface area (Å²) >= 11 is 0. The summed E-state index contributed by atoms with van der Waals surface area (Å²) < 4.78 is 41.4. The molecule has 5 rings (SSSR count). The Kier molecular flexibility index (Phi) is 7.64. The molecule has 1 aliphatic heterocycles. The number of amides is 1. The Hall–Kier alpha value is -3.85. The predicted molar refractivity (Wildman–Crippen MR) is 146 cm³/mol. The molecule has 0 radical (unpaired) electrons. The maximum atomic E-state index is 13.4. The molecule has 38 heavy (non-hydrogen) atoms. The van der Waals surface area contributed by atoms with Gasteiger partial charge in [0.05, 0.1) is 10.9 Å². The van der Waals surface area contributed by atoms with E-state index in [1.54, 1.807) is 12.1 Å². The largest absolute Gasteiger partial charge is 0.322 e. The van der Waals surface area contributed by atoms with Crippen molar-refractivity contribution in [1.82, 2.24) is 9.21 Å². The zero-order valence-corrected chi connectivity index (χ0v) is 21.5. The minimum atomic E-state index is -3.69. The van der Waals surface area contributed by atoms with Gasteiger partial charge in [-0.15, -0.1) is 0 Å². The lowest BCUT2D eigenvalue weighted by Crippen LogP contribution is -2.49. The van der Waals surface area contributed by atoms with Crippen molar-refractivity contribution in [3.63, 3.8) is 0 Å². The first-order valence-corrected chi connectivity index (χ1v) is 13.9. The Balaban J connectivity index is 1.26. The molecule has 0 aromatic heterocycles. The molecule has 194 valence electrons. The van der Waals surface area contributed by atoms with E-state index in [4.69, 9.17) is 0 Å². The van der Waals surface area contributed by atoms with Gasteiger partial charge in [0, 0.05) is 37.4 Å². The lowest BCUT2D eigenvalue weighted by Gasteiger charge is -2.39. The molecule has 8 heteroatoms. The van der Waals surface area contributed by atoms with E-state index in [0.29, 0.717) is 37.4 Å². The highest BCUT2D eigenvalue weighted by Gasteiger charge is 2.32. The topological polar surface area (TPSA) is 69.7 Å². The number of hydrogen-bond acceptors (Lipinski definition) is 4. The Morgan fingerprint density at radius 1 is 0.711 bits per heavy atom. The molecule has 0 aliphatic carbocycles. The Morgan fingerprint density at radius 3 is 1.76 bits per heavy atom. The van der Waals surface area contributed by atoms with Gasteiger partial charge in [-0.1, -0.05) is 60.7 Å². The normalized spacial score (nSPS) is 14.9. The number of benzene rings is 4. The first-order chi connectivity index (χ1) is 18.4. The molecular weight excluding hydrogens is 501 g/mol. The maximum Gasteiger partial charge on any atom is 0.255 e. The molecule has 1 fully saturated rings. The molecule has 1 amide bonds.